The van der Waals surface area contributed by atoms with Gasteiger partial charge in [0, 0.05) is 22.4 Å². The molecule has 3 rings (SSSR count). The normalized spacial score (nSPS) is 11.3. The van der Waals surface area contributed by atoms with Crippen LogP contribution in [0.15, 0.2) is 46.9 Å². The van der Waals surface area contributed by atoms with Crippen LogP contribution in [0, 0.1) is 5.92 Å². The van der Waals surface area contributed by atoms with Gasteiger partial charge in [0.05, 0.1) is 0 Å². The molecule has 0 aliphatic rings. The number of amides is 1. The smallest absolute Gasteiger partial charge is 0.226 e. The number of anilines is 1. The fraction of sp³-hybridized carbons (Fsp3) is 0.188. The van der Waals surface area contributed by atoms with Gasteiger partial charge in [0.1, 0.15) is 11.2 Å². The minimum absolute atomic E-state index is 0.0205. The Kier molecular flexibility index (Phi) is 2.75. The summed E-state index contributed by atoms with van der Waals surface area (Å²) in [5.74, 6) is -0.0102. The molecule has 0 atom stereocenters. The number of para-hydroxylation sites is 1. The van der Waals surface area contributed by atoms with E-state index >= 15 is 0 Å². The van der Waals surface area contributed by atoms with Gasteiger partial charge in [-0.05, 0) is 24.3 Å². The SMILES string of the molecule is CC(C)C(=O)Nc1ccc2oc3ccccc3c2c1. The molecule has 3 heteroatoms. The van der Waals surface area contributed by atoms with Gasteiger partial charge in [-0.2, -0.15) is 0 Å². The molecule has 0 spiro atoms. The second-order valence-electron chi connectivity index (χ2n) is 4.95. The number of hydrogen-bond donors (Lipinski definition) is 1. The Morgan fingerprint density at radius 2 is 1.79 bits per heavy atom. The van der Waals surface area contributed by atoms with Crippen LogP contribution in [0.3, 0.4) is 0 Å². The molecule has 2 aromatic carbocycles. The fourth-order valence-corrected chi connectivity index (χ4v) is 2.09. The Balaban J connectivity index is 2.09. The molecule has 0 fully saturated rings. The molecule has 1 heterocycles. The van der Waals surface area contributed by atoms with Gasteiger partial charge in [0.2, 0.25) is 5.91 Å². The van der Waals surface area contributed by atoms with Crippen LogP contribution in [-0.4, -0.2) is 5.91 Å². The highest BCUT2D eigenvalue weighted by molar-refractivity contribution is 6.07. The highest BCUT2D eigenvalue weighted by atomic mass is 16.3. The average molecular weight is 253 g/mol. The molecule has 1 amide bonds. The lowest BCUT2D eigenvalue weighted by Gasteiger charge is -2.07. The van der Waals surface area contributed by atoms with Crippen molar-refractivity contribution < 1.29 is 9.21 Å². The van der Waals surface area contributed by atoms with Gasteiger partial charge in [-0.15, -0.1) is 0 Å². The Labute approximate surface area is 111 Å². The lowest BCUT2D eigenvalue weighted by Crippen LogP contribution is -2.17. The van der Waals surface area contributed by atoms with E-state index < -0.39 is 0 Å². The van der Waals surface area contributed by atoms with E-state index in [1.807, 2.05) is 56.3 Å². The summed E-state index contributed by atoms with van der Waals surface area (Å²) in [6.45, 7) is 3.75. The number of carbonyl (C=O) groups is 1. The van der Waals surface area contributed by atoms with E-state index in [4.69, 9.17) is 4.42 Å². The number of furan rings is 1. The molecule has 0 saturated carbocycles. The van der Waals surface area contributed by atoms with Gasteiger partial charge in [0.15, 0.2) is 0 Å². The maximum absolute atomic E-state index is 11.7. The van der Waals surface area contributed by atoms with E-state index in [1.165, 1.54) is 0 Å². The molecule has 0 aliphatic heterocycles. The quantitative estimate of drug-likeness (QED) is 0.744. The summed E-state index contributed by atoms with van der Waals surface area (Å²) in [5.41, 5.74) is 2.51. The van der Waals surface area contributed by atoms with Gasteiger partial charge < -0.3 is 9.73 Å². The number of hydrogen-bond acceptors (Lipinski definition) is 2. The van der Waals surface area contributed by atoms with Crippen molar-refractivity contribution in [1.29, 1.82) is 0 Å². The van der Waals surface area contributed by atoms with E-state index in [0.717, 1.165) is 27.6 Å². The summed E-state index contributed by atoms with van der Waals surface area (Å²) in [6.07, 6.45) is 0. The van der Waals surface area contributed by atoms with Crippen molar-refractivity contribution in [3.05, 3.63) is 42.5 Å². The molecule has 3 aromatic rings. The Morgan fingerprint density at radius 3 is 2.58 bits per heavy atom. The third-order valence-electron chi connectivity index (χ3n) is 3.17. The molecule has 3 nitrogen and oxygen atoms in total. The molecule has 19 heavy (non-hydrogen) atoms. The van der Waals surface area contributed by atoms with E-state index in [1.54, 1.807) is 0 Å². The highest BCUT2D eigenvalue weighted by Crippen LogP contribution is 2.30. The second-order valence-corrected chi connectivity index (χ2v) is 4.95. The van der Waals surface area contributed by atoms with Crippen molar-refractivity contribution in [2.45, 2.75) is 13.8 Å². The number of carbonyl (C=O) groups excluding carboxylic acids is 1. The van der Waals surface area contributed by atoms with Crippen LogP contribution < -0.4 is 5.32 Å². The maximum atomic E-state index is 11.7. The van der Waals surface area contributed by atoms with Gasteiger partial charge in [-0.3, -0.25) is 4.79 Å². The molecule has 0 saturated heterocycles. The van der Waals surface area contributed by atoms with Crippen LogP contribution in [0.5, 0.6) is 0 Å². The molecule has 1 N–H and O–H groups in total. The number of nitrogens with one attached hydrogen (secondary N) is 1. The summed E-state index contributed by atoms with van der Waals surface area (Å²) < 4.78 is 5.75. The zero-order valence-corrected chi connectivity index (χ0v) is 10.9. The molecule has 96 valence electrons. The zero-order chi connectivity index (χ0) is 13.4. The summed E-state index contributed by atoms with van der Waals surface area (Å²) in [4.78, 5) is 11.7. The third-order valence-corrected chi connectivity index (χ3v) is 3.17. The predicted molar refractivity (Wildman–Crippen MR) is 77.2 cm³/mol. The Bertz CT molecular complexity index is 756. The second kappa shape index (κ2) is 4.43. The topological polar surface area (TPSA) is 42.2 Å². The third kappa shape index (κ3) is 2.08. The first kappa shape index (κ1) is 11.8. The maximum Gasteiger partial charge on any atom is 0.226 e. The minimum Gasteiger partial charge on any atom is -0.456 e. The first-order valence-corrected chi connectivity index (χ1v) is 6.37. The van der Waals surface area contributed by atoms with Gasteiger partial charge in [0.25, 0.3) is 0 Å². The van der Waals surface area contributed by atoms with Crippen LogP contribution in [0.2, 0.25) is 0 Å². The standard InChI is InChI=1S/C16H15NO2/c1-10(2)16(18)17-11-7-8-15-13(9-11)12-5-3-4-6-14(12)19-15/h3-10H,1-2H3,(H,17,18). The van der Waals surface area contributed by atoms with E-state index in [0.29, 0.717) is 0 Å². The van der Waals surface area contributed by atoms with Crippen molar-refractivity contribution in [3.8, 4) is 0 Å². The van der Waals surface area contributed by atoms with Crippen molar-refractivity contribution in [3.63, 3.8) is 0 Å². The van der Waals surface area contributed by atoms with Crippen molar-refractivity contribution in [2.75, 3.05) is 5.32 Å². The average Bonchev–Trinajstić information content (AvgIpc) is 2.76. The molecular formula is C16H15NO2. The van der Waals surface area contributed by atoms with Crippen LogP contribution in [0.25, 0.3) is 21.9 Å². The molecule has 0 aliphatic carbocycles. The number of benzene rings is 2. The molecule has 1 aromatic heterocycles. The lowest BCUT2D eigenvalue weighted by molar-refractivity contribution is -0.118. The van der Waals surface area contributed by atoms with Crippen LogP contribution in [0.1, 0.15) is 13.8 Å². The van der Waals surface area contributed by atoms with Crippen LogP contribution in [0.4, 0.5) is 5.69 Å². The molecular weight excluding hydrogens is 238 g/mol. The Hall–Kier alpha value is -2.29. The Morgan fingerprint density at radius 1 is 1.05 bits per heavy atom. The summed E-state index contributed by atoms with van der Waals surface area (Å²) >= 11 is 0. The first-order chi connectivity index (χ1) is 9.15. The highest BCUT2D eigenvalue weighted by Gasteiger charge is 2.10. The van der Waals surface area contributed by atoms with E-state index in [9.17, 15) is 4.79 Å². The van der Waals surface area contributed by atoms with Crippen LogP contribution in [-0.2, 0) is 4.79 Å². The van der Waals surface area contributed by atoms with E-state index in [2.05, 4.69) is 5.32 Å². The monoisotopic (exact) mass is 253 g/mol. The summed E-state index contributed by atoms with van der Waals surface area (Å²) in [6, 6.07) is 13.6. The fourth-order valence-electron chi connectivity index (χ4n) is 2.09. The predicted octanol–water partition coefficient (Wildman–Crippen LogP) is 4.18. The lowest BCUT2D eigenvalue weighted by atomic mass is 10.1. The summed E-state index contributed by atoms with van der Waals surface area (Å²) in [7, 11) is 0. The van der Waals surface area contributed by atoms with E-state index in [-0.39, 0.29) is 11.8 Å². The number of fused-ring (bicyclic) bond motifs is 3. The summed E-state index contributed by atoms with van der Waals surface area (Å²) in [5, 5.41) is 5.00. The zero-order valence-electron chi connectivity index (χ0n) is 10.9. The largest absolute Gasteiger partial charge is 0.456 e. The molecule has 0 unspecified atom stereocenters. The minimum atomic E-state index is -0.0307. The van der Waals surface area contributed by atoms with Gasteiger partial charge in [-0.1, -0.05) is 32.0 Å². The van der Waals surface area contributed by atoms with Crippen molar-refractivity contribution in [2.24, 2.45) is 5.92 Å². The van der Waals surface area contributed by atoms with Gasteiger partial charge >= 0.3 is 0 Å². The first-order valence-electron chi connectivity index (χ1n) is 6.37. The molecule has 0 radical (unpaired) electrons. The van der Waals surface area contributed by atoms with Crippen molar-refractivity contribution in [1.82, 2.24) is 0 Å². The van der Waals surface area contributed by atoms with Gasteiger partial charge in [-0.25, -0.2) is 0 Å². The molecule has 0 bridgehead atoms. The number of rotatable bonds is 2. The van der Waals surface area contributed by atoms with Crippen LogP contribution >= 0.6 is 0 Å². The van der Waals surface area contributed by atoms with Crippen molar-refractivity contribution >= 4 is 33.5 Å².